The molecule has 1 N–H and O–H groups in total. The van der Waals surface area contributed by atoms with Gasteiger partial charge in [-0.05, 0) is 18.2 Å². The maximum atomic E-state index is 10.8. The number of rotatable bonds is 5. The van der Waals surface area contributed by atoms with Gasteiger partial charge < -0.3 is 9.84 Å². The highest BCUT2D eigenvalue weighted by Crippen LogP contribution is 2.24. The lowest BCUT2D eigenvalue weighted by Crippen LogP contribution is -2.07. The van der Waals surface area contributed by atoms with Gasteiger partial charge in [0, 0.05) is 10.0 Å². The van der Waals surface area contributed by atoms with Gasteiger partial charge in [-0.15, -0.1) is 0 Å². The Labute approximate surface area is 127 Å². The van der Waals surface area contributed by atoms with Crippen molar-refractivity contribution in [3.8, 4) is 5.75 Å². The Bertz CT molecular complexity index is 664. The molecule has 0 spiro atoms. The van der Waals surface area contributed by atoms with Gasteiger partial charge in [0.2, 0.25) is 5.69 Å². The number of carboxylic acid groups (broad SMARTS) is 1. The number of carbonyl (C=O) groups is 1. The van der Waals surface area contributed by atoms with E-state index in [1.165, 1.54) is 18.2 Å². The number of carboxylic acids is 1. The van der Waals surface area contributed by atoms with E-state index in [4.69, 9.17) is 33.0 Å². The van der Waals surface area contributed by atoms with E-state index in [2.05, 4.69) is 5.10 Å². The Balaban J connectivity index is 2.18. The van der Waals surface area contributed by atoms with Crippen LogP contribution in [0.15, 0.2) is 24.4 Å². The molecule has 1 heterocycles. The SMILES string of the molecule is O=C(O)c1nn(COc2cc(Cl)cc(Cl)c2)cc1[N+](=O)[O-]. The van der Waals surface area contributed by atoms with Crippen molar-refractivity contribution < 1.29 is 19.6 Å². The second-order valence-electron chi connectivity index (χ2n) is 3.84. The zero-order chi connectivity index (χ0) is 15.6. The molecular weight excluding hydrogens is 325 g/mol. The summed E-state index contributed by atoms with van der Waals surface area (Å²) in [7, 11) is 0. The van der Waals surface area contributed by atoms with Crippen molar-refractivity contribution in [2.75, 3.05) is 0 Å². The molecule has 0 aliphatic rings. The quantitative estimate of drug-likeness (QED) is 0.666. The molecule has 0 unspecified atom stereocenters. The van der Waals surface area contributed by atoms with Crippen LogP contribution in [-0.2, 0) is 6.73 Å². The van der Waals surface area contributed by atoms with Gasteiger partial charge in [-0.3, -0.25) is 10.1 Å². The first-order valence-corrected chi connectivity index (χ1v) is 6.16. The van der Waals surface area contributed by atoms with Crippen LogP contribution in [-0.4, -0.2) is 25.8 Å². The lowest BCUT2D eigenvalue weighted by atomic mass is 10.3. The second-order valence-corrected chi connectivity index (χ2v) is 4.72. The molecule has 0 atom stereocenters. The Hall–Kier alpha value is -2.32. The number of hydrogen-bond acceptors (Lipinski definition) is 5. The van der Waals surface area contributed by atoms with E-state index in [0.29, 0.717) is 15.8 Å². The van der Waals surface area contributed by atoms with Crippen molar-refractivity contribution in [2.24, 2.45) is 0 Å². The minimum absolute atomic E-state index is 0.231. The third-order valence-electron chi connectivity index (χ3n) is 2.34. The van der Waals surface area contributed by atoms with E-state index >= 15 is 0 Å². The Morgan fingerprint density at radius 1 is 1.38 bits per heavy atom. The number of hydrogen-bond donors (Lipinski definition) is 1. The molecule has 2 rings (SSSR count). The molecule has 110 valence electrons. The van der Waals surface area contributed by atoms with Crippen LogP contribution in [0.1, 0.15) is 10.5 Å². The average Bonchev–Trinajstić information content (AvgIpc) is 2.79. The van der Waals surface area contributed by atoms with E-state index in [9.17, 15) is 14.9 Å². The Morgan fingerprint density at radius 3 is 2.48 bits per heavy atom. The lowest BCUT2D eigenvalue weighted by molar-refractivity contribution is -0.385. The molecular formula is C11H7Cl2N3O5. The predicted molar refractivity (Wildman–Crippen MR) is 72.9 cm³/mol. The smallest absolute Gasteiger partial charge is 0.363 e. The maximum absolute atomic E-state index is 10.8. The highest BCUT2D eigenvalue weighted by molar-refractivity contribution is 6.34. The molecule has 0 fully saturated rings. The fourth-order valence-corrected chi connectivity index (χ4v) is 2.02. The van der Waals surface area contributed by atoms with Crippen molar-refractivity contribution in [3.05, 3.63) is 50.2 Å². The minimum Gasteiger partial charge on any atom is -0.476 e. The average molecular weight is 332 g/mol. The first-order valence-electron chi connectivity index (χ1n) is 5.41. The summed E-state index contributed by atoms with van der Waals surface area (Å²) in [4.78, 5) is 20.7. The third-order valence-corrected chi connectivity index (χ3v) is 2.78. The highest BCUT2D eigenvalue weighted by atomic mass is 35.5. The number of halogens is 2. The van der Waals surface area contributed by atoms with Gasteiger partial charge in [0.05, 0.1) is 4.92 Å². The molecule has 0 aliphatic carbocycles. The van der Waals surface area contributed by atoms with Crippen LogP contribution >= 0.6 is 23.2 Å². The number of ether oxygens (including phenoxy) is 1. The standard InChI is InChI=1S/C11H7Cl2N3O5/c12-6-1-7(13)3-8(2-6)21-5-15-4-9(16(19)20)10(14-15)11(17)18/h1-4H,5H2,(H,17,18). The summed E-state index contributed by atoms with van der Waals surface area (Å²) in [6.45, 7) is -0.231. The number of nitro groups is 1. The van der Waals surface area contributed by atoms with Gasteiger partial charge in [-0.1, -0.05) is 23.2 Å². The fourth-order valence-electron chi connectivity index (χ4n) is 1.52. The van der Waals surface area contributed by atoms with Crippen molar-refractivity contribution in [3.63, 3.8) is 0 Å². The van der Waals surface area contributed by atoms with Crippen molar-refractivity contribution >= 4 is 34.9 Å². The second kappa shape index (κ2) is 5.98. The fraction of sp³-hybridized carbons (Fsp3) is 0.0909. The molecule has 0 bridgehead atoms. The zero-order valence-electron chi connectivity index (χ0n) is 10.2. The lowest BCUT2D eigenvalue weighted by Gasteiger charge is -2.06. The minimum atomic E-state index is -1.49. The molecule has 10 heteroatoms. The van der Waals surface area contributed by atoms with Crippen LogP contribution in [0, 0.1) is 10.1 Å². The van der Waals surface area contributed by atoms with Gasteiger partial charge in [0.1, 0.15) is 11.9 Å². The number of benzene rings is 1. The molecule has 0 saturated heterocycles. The normalized spacial score (nSPS) is 10.4. The molecule has 1 aromatic carbocycles. The topological polar surface area (TPSA) is 107 Å². The summed E-state index contributed by atoms with van der Waals surface area (Å²) in [6, 6.07) is 4.49. The zero-order valence-corrected chi connectivity index (χ0v) is 11.7. The van der Waals surface area contributed by atoms with Gasteiger partial charge >= 0.3 is 11.7 Å². The summed E-state index contributed by atoms with van der Waals surface area (Å²) >= 11 is 11.6. The largest absolute Gasteiger partial charge is 0.476 e. The van der Waals surface area contributed by atoms with E-state index in [0.717, 1.165) is 10.9 Å². The molecule has 0 aliphatic heterocycles. The van der Waals surface area contributed by atoms with Gasteiger partial charge in [0.15, 0.2) is 6.73 Å². The van der Waals surface area contributed by atoms with Gasteiger partial charge in [-0.25, -0.2) is 9.48 Å². The number of nitrogens with zero attached hydrogens (tertiary/aromatic N) is 3. The predicted octanol–water partition coefficient (Wildman–Crippen LogP) is 2.83. The van der Waals surface area contributed by atoms with Crippen molar-refractivity contribution in [1.29, 1.82) is 0 Å². The summed E-state index contributed by atoms with van der Waals surface area (Å²) in [5.41, 5.74) is -1.28. The van der Waals surface area contributed by atoms with Crippen LogP contribution in [0.4, 0.5) is 5.69 Å². The molecule has 8 nitrogen and oxygen atoms in total. The third kappa shape index (κ3) is 3.61. The van der Waals surface area contributed by atoms with E-state index < -0.39 is 22.3 Å². The molecule has 1 aromatic heterocycles. The molecule has 2 aromatic rings. The summed E-state index contributed by atoms with van der Waals surface area (Å²) < 4.78 is 6.29. The van der Waals surface area contributed by atoms with Crippen LogP contribution in [0.3, 0.4) is 0 Å². The monoisotopic (exact) mass is 331 g/mol. The first kappa shape index (κ1) is 15.1. The molecule has 0 amide bonds. The van der Waals surface area contributed by atoms with Crippen LogP contribution in [0.25, 0.3) is 0 Å². The Kier molecular flexibility index (Phi) is 4.29. The van der Waals surface area contributed by atoms with Crippen molar-refractivity contribution in [2.45, 2.75) is 6.73 Å². The number of aromatic carboxylic acids is 1. The summed E-state index contributed by atoms with van der Waals surface area (Å²) in [6.07, 6.45) is 0.968. The van der Waals surface area contributed by atoms with E-state index in [-0.39, 0.29) is 6.73 Å². The Morgan fingerprint density at radius 2 is 2.00 bits per heavy atom. The van der Waals surface area contributed by atoms with Crippen LogP contribution < -0.4 is 4.74 Å². The van der Waals surface area contributed by atoms with Gasteiger partial charge in [0.25, 0.3) is 0 Å². The van der Waals surface area contributed by atoms with Crippen LogP contribution in [0.2, 0.25) is 10.0 Å². The molecule has 0 saturated carbocycles. The summed E-state index contributed by atoms with van der Waals surface area (Å²) in [5, 5.41) is 23.8. The van der Waals surface area contributed by atoms with E-state index in [1.807, 2.05) is 0 Å². The van der Waals surface area contributed by atoms with E-state index in [1.54, 1.807) is 0 Å². The van der Waals surface area contributed by atoms with Gasteiger partial charge in [-0.2, -0.15) is 5.10 Å². The number of aromatic nitrogens is 2. The van der Waals surface area contributed by atoms with Crippen LogP contribution in [0.5, 0.6) is 5.75 Å². The van der Waals surface area contributed by atoms with Crippen molar-refractivity contribution in [1.82, 2.24) is 9.78 Å². The highest BCUT2D eigenvalue weighted by Gasteiger charge is 2.25. The molecule has 21 heavy (non-hydrogen) atoms. The first-order chi connectivity index (χ1) is 9.86. The molecule has 0 radical (unpaired) electrons. The summed E-state index contributed by atoms with van der Waals surface area (Å²) in [5.74, 6) is -1.17. The maximum Gasteiger partial charge on any atom is 0.363 e.